The van der Waals surface area contributed by atoms with Crippen molar-refractivity contribution in [2.45, 2.75) is 20.0 Å². The fourth-order valence-corrected chi connectivity index (χ4v) is 0.220. The molecule has 10 heavy (non-hydrogen) atoms. The number of rotatable bonds is 3. The Labute approximate surface area is 59.1 Å². The summed E-state index contributed by atoms with van der Waals surface area (Å²) in [6.45, 7) is 3.48. The highest BCUT2D eigenvalue weighted by Gasteiger charge is 1.96. The van der Waals surface area contributed by atoms with Crippen LogP contribution in [0.4, 0.5) is 0 Å². The second kappa shape index (κ2) is 4.50. The average Bonchev–Trinajstić information content (AvgIpc) is 1.90. The van der Waals surface area contributed by atoms with E-state index in [9.17, 15) is 4.79 Å². The van der Waals surface area contributed by atoms with Crippen LogP contribution >= 0.6 is 0 Å². The summed E-state index contributed by atoms with van der Waals surface area (Å²) in [5.74, 6) is 0. The molecular formula is C6H7N2O2. The summed E-state index contributed by atoms with van der Waals surface area (Å²) < 4.78 is 0. The number of oxime groups is 1. The van der Waals surface area contributed by atoms with Gasteiger partial charge < -0.3 is 4.84 Å². The molecular weight excluding hydrogens is 132 g/mol. The molecule has 0 heterocycles. The molecule has 0 rings (SSSR count). The molecule has 0 saturated carbocycles. The first-order chi connectivity index (χ1) is 4.70. The van der Waals surface area contributed by atoms with Crippen LogP contribution < -0.4 is 0 Å². The van der Waals surface area contributed by atoms with Crippen molar-refractivity contribution in [3.63, 3.8) is 0 Å². The van der Waals surface area contributed by atoms with Crippen LogP contribution in [0.25, 0.3) is 0 Å². The molecule has 0 aliphatic rings. The predicted molar refractivity (Wildman–Crippen MR) is 35.0 cm³/mol. The van der Waals surface area contributed by atoms with Gasteiger partial charge in [-0.05, 0) is 13.8 Å². The molecule has 0 N–H and O–H groups in total. The summed E-state index contributed by atoms with van der Waals surface area (Å²) in [7, 11) is 0. The molecule has 0 aliphatic carbocycles. The molecule has 0 fully saturated rings. The molecule has 0 aliphatic heterocycles. The Balaban J connectivity index is 3.90. The highest BCUT2D eigenvalue weighted by molar-refractivity contribution is 6.35. The lowest BCUT2D eigenvalue weighted by atomic mass is 10.5. The zero-order valence-corrected chi connectivity index (χ0v) is 5.79. The molecule has 0 atom stereocenters. The summed E-state index contributed by atoms with van der Waals surface area (Å²) in [5.41, 5.74) is -0.367. The maximum Gasteiger partial charge on any atom is 0.268 e. The van der Waals surface area contributed by atoms with Crippen LogP contribution in [0.2, 0.25) is 0 Å². The van der Waals surface area contributed by atoms with Crippen molar-refractivity contribution in [3.05, 3.63) is 0 Å². The van der Waals surface area contributed by atoms with Gasteiger partial charge in [0.15, 0.2) is 0 Å². The fourth-order valence-electron chi connectivity index (χ4n) is 0.220. The van der Waals surface area contributed by atoms with Crippen molar-refractivity contribution in [1.82, 2.24) is 0 Å². The van der Waals surface area contributed by atoms with Crippen molar-refractivity contribution in [2.24, 2.45) is 5.16 Å². The number of carbonyl (C=O) groups excluding carboxylic acids is 1. The van der Waals surface area contributed by atoms with Crippen molar-refractivity contribution >= 4 is 12.0 Å². The third-order valence-electron chi connectivity index (χ3n) is 0.557. The van der Waals surface area contributed by atoms with E-state index in [0.29, 0.717) is 0 Å². The maximum atomic E-state index is 9.79. The summed E-state index contributed by atoms with van der Waals surface area (Å²) in [6, 6.07) is 1.51. The van der Waals surface area contributed by atoms with Crippen LogP contribution in [0.15, 0.2) is 5.16 Å². The smallest absolute Gasteiger partial charge is 0.268 e. The van der Waals surface area contributed by atoms with Gasteiger partial charge in [-0.25, -0.2) is 0 Å². The quantitative estimate of drug-likeness (QED) is 0.420. The van der Waals surface area contributed by atoms with Gasteiger partial charge >= 0.3 is 0 Å². The fraction of sp³-hybridized carbons (Fsp3) is 0.500. The number of hydrogen-bond acceptors (Lipinski definition) is 4. The zero-order chi connectivity index (χ0) is 7.98. The molecule has 0 spiro atoms. The Morgan fingerprint density at radius 3 is 2.60 bits per heavy atom. The molecule has 4 nitrogen and oxygen atoms in total. The standard InChI is InChI=1S/C6H7N2O2/c1-5(2)10-8-6(3-7)4-9/h5H,1-2H3/b8-6+. The SMILES string of the molecule is CC(C)O/N=C(/[C]=O)C#N. The van der Waals surface area contributed by atoms with E-state index in [1.165, 1.54) is 12.4 Å². The number of nitrogens with zero attached hydrogens (tertiary/aromatic N) is 2. The van der Waals surface area contributed by atoms with E-state index in [1.54, 1.807) is 13.8 Å². The monoisotopic (exact) mass is 139 g/mol. The Bertz CT molecular complexity index is 179. The largest absolute Gasteiger partial charge is 0.392 e. The Hall–Kier alpha value is -1.37. The average molecular weight is 139 g/mol. The Morgan fingerprint density at radius 2 is 2.30 bits per heavy atom. The maximum absolute atomic E-state index is 9.79. The Kier molecular flexibility index (Phi) is 3.89. The van der Waals surface area contributed by atoms with Gasteiger partial charge in [0.05, 0.1) is 0 Å². The lowest BCUT2D eigenvalue weighted by Crippen LogP contribution is -2.01. The molecule has 0 amide bonds. The van der Waals surface area contributed by atoms with E-state index in [2.05, 4.69) is 9.99 Å². The van der Waals surface area contributed by atoms with Gasteiger partial charge in [-0.3, -0.25) is 4.79 Å². The highest BCUT2D eigenvalue weighted by Crippen LogP contribution is 1.87. The molecule has 0 saturated heterocycles. The first kappa shape index (κ1) is 8.63. The van der Waals surface area contributed by atoms with E-state index < -0.39 is 0 Å². The van der Waals surface area contributed by atoms with Crippen LogP contribution in [0.3, 0.4) is 0 Å². The summed E-state index contributed by atoms with van der Waals surface area (Å²) in [6.07, 6.45) is 1.19. The van der Waals surface area contributed by atoms with Crippen molar-refractivity contribution in [3.8, 4) is 6.07 Å². The Morgan fingerprint density at radius 1 is 1.70 bits per heavy atom. The van der Waals surface area contributed by atoms with Gasteiger partial charge in [-0.1, -0.05) is 5.16 Å². The lowest BCUT2D eigenvalue weighted by molar-refractivity contribution is 0.0868. The lowest BCUT2D eigenvalue weighted by Gasteiger charge is -1.98. The second-order valence-electron chi connectivity index (χ2n) is 1.81. The van der Waals surface area contributed by atoms with Crippen LogP contribution in [0.1, 0.15) is 13.8 Å². The van der Waals surface area contributed by atoms with E-state index in [4.69, 9.17) is 5.26 Å². The van der Waals surface area contributed by atoms with E-state index in [-0.39, 0.29) is 11.8 Å². The normalized spacial score (nSPS) is 10.8. The predicted octanol–water partition coefficient (Wildman–Crippen LogP) is 0.401. The van der Waals surface area contributed by atoms with E-state index in [1.807, 2.05) is 0 Å². The van der Waals surface area contributed by atoms with Crippen LogP contribution in [0, 0.1) is 11.3 Å². The van der Waals surface area contributed by atoms with Crippen LogP contribution in [0.5, 0.6) is 0 Å². The number of hydrogen-bond donors (Lipinski definition) is 0. The molecule has 0 aromatic heterocycles. The van der Waals surface area contributed by atoms with Crippen LogP contribution in [-0.4, -0.2) is 18.1 Å². The van der Waals surface area contributed by atoms with Gasteiger partial charge in [-0.2, -0.15) is 5.26 Å². The molecule has 0 aromatic carbocycles. The minimum Gasteiger partial charge on any atom is -0.392 e. The molecule has 0 bridgehead atoms. The summed E-state index contributed by atoms with van der Waals surface area (Å²) in [5, 5.41) is 11.3. The third-order valence-corrected chi connectivity index (χ3v) is 0.557. The molecule has 4 heteroatoms. The zero-order valence-electron chi connectivity index (χ0n) is 5.79. The van der Waals surface area contributed by atoms with Gasteiger partial charge in [0, 0.05) is 0 Å². The second-order valence-corrected chi connectivity index (χ2v) is 1.81. The first-order valence-electron chi connectivity index (χ1n) is 2.72. The van der Waals surface area contributed by atoms with Crippen molar-refractivity contribution in [1.29, 1.82) is 5.26 Å². The molecule has 53 valence electrons. The van der Waals surface area contributed by atoms with Crippen LogP contribution in [-0.2, 0) is 9.63 Å². The highest BCUT2D eigenvalue weighted by atomic mass is 16.6. The minimum absolute atomic E-state index is 0.128. The van der Waals surface area contributed by atoms with Crippen molar-refractivity contribution in [2.75, 3.05) is 0 Å². The van der Waals surface area contributed by atoms with Gasteiger partial charge in [0.1, 0.15) is 12.2 Å². The molecule has 0 aromatic rings. The van der Waals surface area contributed by atoms with Gasteiger partial charge in [0.25, 0.3) is 6.29 Å². The molecule has 0 unspecified atom stereocenters. The third kappa shape index (κ3) is 3.61. The first-order valence-corrected chi connectivity index (χ1v) is 2.72. The summed E-state index contributed by atoms with van der Waals surface area (Å²) in [4.78, 5) is 14.4. The summed E-state index contributed by atoms with van der Waals surface area (Å²) >= 11 is 0. The minimum atomic E-state index is -0.367. The van der Waals surface area contributed by atoms with E-state index in [0.717, 1.165) is 0 Å². The number of nitriles is 1. The molecule has 1 radical (unpaired) electrons. The van der Waals surface area contributed by atoms with Gasteiger partial charge in [0.2, 0.25) is 5.71 Å². The topological polar surface area (TPSA) is 62.4 Å². The van der Waals surface area contributed by atoms with Gasteiger partial charge in [-0.15, -0.1) is 0 Å². The van der Waals surface area contributed by atoms with Crippen molar-refractivity contribution < 1.29 is 9.63 Å². The van der Waals surface area contributed by atoms with E-state index >= 15 is 0 Å².